The van der Waals surface area contributed by atoms with E-state index in [1.165, 1.54) is 14.0 Å². The highest BCUT2D eigenvalue weighted by Gasteiger charge is 2.61. The van der Waals surface area contributed by atoms with Crippen LogP contribution in [0.25, 0.3) is 0 Å². The zero-order chi connectivity index (χ0) is 20.5. The van der Waals surface area contributed by atoms with E-state index >= 15 is 0 Å². The van der Waals surface area contributed by atoms with Crippen molar-refractivity contribution >= 4 is 29.6 Å². The van der Waals surface area contributed by atoms with E-state index in [-0.39, 0.29) is 5.75 Å². The number of nitrogens with two attached hydrogens (primary N) is 1. The summed E-state index contributed by atoms with van der Waals surface area (Å²) in [6.45, 7) is 11.9. The predicted octanol–water partition coefficient (Wildman–Crippen LogP) is 1.90. The van der Waals surface area contributed by atoms with Crippen LogP contribution in [0.3, 0.4) is 0 Å². The minimum Gasteiger partial charge on any atom is -0.467 e. The second-order valence-corrected chi connectivity index (χ2v) is 9.32. The number of carbonyl (C=O) groups excluding carboxylic acids is 3. The molecule has 0 spiro atoms. The van der Waals surface area contributed by atoms with Crippen LogP contribution in [-0.2, 0) is 23.8 Å². The Morgan fingerprint density at radius 3 is 2.08 bits per heavy atom. The van der Waals surface area contributed by atoms with Gasteiger partial charge in [0, 0.05) is 5.75 Å². The van der Waals surface area contributed by atoms with E-state index in [0.29, 0.717) is 0 Å². The van der Waals surface area contributed by atoms with Gasteiger partial charge in [0.25, 0.3) is 5.06 Å². The summed E-state index contributed by atoms with van der Waals surface area (Å²) < 4.78 is 16.3. The SMILES string of the molecule is COC(=O)C1CSC(OC(C)(C)C)(C(=O)[C@H](C)N)N1C(=O)OC(C)(C)C. The van der Waals surface area contributed by atoms with Gasteiger partial charge in [-0.25, -0.2) is 14.5 Å². The van der Waals surface area contributed by atoms with E-state index in [0.717, 1.165) is 16.7 Å². The van der Waals surface area contributed by atoms with Crippen LogP contribution in [0.2, 0.25) is 0 Å². The number of rotatable bonds is 4. The van der Waals surface area contributed by atoms with Gasteiger partial charge in [-0.2, -0.15) is 0 Å². The summed E-state index contributed by atoms with van der Waals surface area (Å²) >= 11 is 1.04. The molecule has 0 bridgehead atoms. The molecule has 2 N–H and O–H groups in total. The molecule has 0 radical (unpaired) electrons. The van der Waals surface area contributed by atoms with E-state index in [1.54, 1.807) is 41.5 Å². The van der Waals surface area contributed by atoms with Gasteiger partial charge in [0.05, 0.1) is 18.8 Å². The van der Waals surface area contributed by atoms with Crippen LogP contribution >= 0.6 is 11.8 Å². The summed E-state index contributed by atoms with van der Waals surface area (Å²) in [5.74, 6) is -1.05. The summed E-state index contributed by atoms with van der Waals surface area (Å²) in [5, 5.41) is -1.77. The summed E-state index contributed by atoms with van der Waals surface area (Å²) in [4.78, 5) is 39.2. The Hall–Kier alpha value is -1.32. The molecule has 1 amide bonds. The van der Waals surface area contributed by atoms with Crippen LogP contribution in [0.1, 0.15) is 48.5 Å². The normalized spacial score (nSPS) is 25.0. The van der Waals surface area contributed by atoms with Crippen LogP contribution in [-0.4, -0.2) is 64.0 Å². The van der Waals surface area contributed by atoms with Crippen molar-refractivity contribution < 1.29 is 28.6 Å². The van der Waals surface area contributed by atoms with Crippen molar-refractivity contribution in [2.75, 3.05) is 12.9 Å². The molecular formula is C17H30N2O6S. The summed E-state index contributed by atoms with van der Waals surface area (Å²) in [5.41, 5.74) is 4.21. The van der Waals surface area contributed by atoms with Gasteiger partial charge < -0.3 is 19.9 Å². The molecule has 1 aliphatic rings. The first-order valence-corrected chi connectivity index (χ1v) is 9.37. The molecule has 0 aromatic rings. The molecule has 1 rings (SSSR count). The van der Waals surface area contributed by atoms with Gasteiger partial charge in [0.2, 0.25) is 5.78 Å². The summed E-state index contributed by atoms with van der Waals surface area (Å²) in [7, 11) is 1.22. The molecule has 0 aliphatic carbocycles. The smallest absolute Gasteiger partial charge is 0.414 e. The number of carbonyl (C=O) groups is 3. The van der Waals surface area contributed by atoms with Crippen LogP contribution in [0.5, 0.6) is 0 Å². The standard InChI is InChI=1S/C17H30N2O6S/c1-10(18)12(20)17(25-16(5,6)7)19(14(22)24-15(2,3)4)11(9-26-17)13(21)23-8/h10-11H,9,18H2,1-8H3/t10-,11?,17?/m0/s1. The molecular weight excluding hydrogens is 360 g/mol. The number of esters is 1. The third-order valence-corrected chi connectivity index (χ3v) is 4.65. The summed E-state index contributed by atoms with van der Waals surface area (Å²) in [6, 6.07) is -1.93. The molecule has 9 heteroatoms. The number of ether oxygens (including phenoxy) is 3. The maximum atomic E-state index is 13.0. The fourth-order valence-corrected chi connectivity index (χ4v) is 4.08. The average molecular weight is 391 g/mol. The third-order valence-electron chi connectivity index (χ3n) is 3.30. The number of hydrogen-bond donors (Lipinski definition) is 1. The lowest BCUT2D eigenvalue weighted by Crippen LogP contribution is -2.63. The molecule has 2 unspecified atom stereocenters. The minimum atomic E-state index is -1.77. The average Bonchev–Trinajstić information content (AvgIpc) is 2.81. The van der Waals surface area contributed by atoms with Gasteiger partial charge in [-0.15, -0.1) is 0 Å². The quantitative estimate of drug-likeness (QED) is 0.725. The zero-order valence-electron chi connectivity index (χ0n) is 16.7. The van der Waals surface area contributed by atoms with Crippen molar-refractivity contribution in [3.63, 3.8) is 0 Å². The van der Waals surface area contributed by atoms with E-state index in [9.17, 15) is 14.4 Å². The van der Waals surface area contributed by atoms with Crippen LogP contribution < -0.4 is 5.73 Å². The molecule has 1 fully saturated rings. The number of Topliss-reactive ketones (excluding diaryl/α,β-unsaturated/α-hetero) is 1. The maximum Gasteiger partial charge on any atom is 0.414 e. The Morgan fingerprint density at radius 2 is 1.69 bits per heavy atom. The highest BCUT2D eigenvalue weighted by molar-refractivity contribution is 8.01. The Balaban J connectivity index is 3.49. The molecule has 1 heterocycles. The fraction of sp³-hybridized carbons (Fsp3) is 0.824. The van der Waals surface area contributed by atoms with Crippen molar-refractivity contribution in [1.82, 2.24) is 4.90 Å². The molecule has 26 heavy (non-hydrogen) atoms. The molecule has 8 nitrogen and oxygen atoms in total. The molecule has 150 valence electrons. The Labute approximate surface area is 159 Å². The van der Waals surface area contributed by atoms with Gasteiger partial charge in [-0.1, -0.05) is 11.8 Å². The highest BCUT2D eigenvalue weighted by Crippen LogP contribution is 2.45. The monoisotopic (exact) mass is 390 g/mol. The number of amides is 1. The summed E-state index contributed by atoms with van der Waals surface area (Å²) in [6.07, 6.45) is -0.837. The fourth-order valence-electron chi connectivity index (χ4n) is 2.43. The van der Waals surface area contributed by atoms with Gasteiger partial charge in [-0.05, 0) is 48.5 Å². The molecule has 0 saturated carbocycles. The van der Waals surface area contributed by atoms with Gasteiger partial charge in [0.1, 0.15) is 11.6 Å². The van der Waals surface area contributed by atoms with Crippen molar-refractivity contribution in [3.05, 3.63) is 0 Å². The van der Waals surface area contributed by atoms with E-state index in [1.807, 2.05) is 0 Å². The number of hydrogen-bond acceptors (Lipinski definition) is 8. The lowest BCUT2D eigenvalue weighted by molar-refractivity contribution is -0.180. The highest BCUT2D eigenvalue weighted by atomic mass is 32.2. The van der Waals surface area contributed by atoms with Crippen molar-refractivity contribution in [2.24, 2.45) is 5.73 Å². The van der Waals surface area contributed by atoms with Gasteiger partial charge in [-0.3, -0.25) is 4.79 Å². The topological polar surface area (TPSA) is 108 Å². The number of nitrogens with zero attached hydrogens (tertiary/aromatic N) is 1. The number of ketones is 1. The molecule has 0 aromatic heterocycles. The van der Waals surface area contributed by atoms with Gasteiger partial charge in [0.15, 0.2) is 0 Å². The molecule has 0 aromatic carbocycles. The van der Waals surface area contributed by atoms with Crippen LogP contribution in [0, 0.1) is 0 Å². The maximum absolute atomic E-state index is 13.0. The van der Waals surface area contributed by atoms with Gasteiger partial charge >= 0.3 is 12.1 Å². The second kappa shape index (κ2) is 7.74. The van der Waals surface area contributed by atoms with Crippen LogP contribution in [0.4, 0.5) is 4.79 Å². The second-order valence-electron chi connectivity index (χ2n) is 8.15. The molecule has 3 atom stereocenters. The van der Waals surface area contributed by atoms with Crippen molar-refractivity contribution in [2.45, 2.75) is 76.8 Å². The van der Waals surface area contributed by atoms with Crippen molar-refractivity contribution in [3.8, 4) is 0 Å². The lowest BCUT2D eigenvalue weighted by Gasteiger charge is -2.42. The first-order valence-electron chi connectivity index (χ1n) is 8.39. The molecule has 1 saturated heterocycles. The Morgan fingerprint density at radius 1 is 1.15 bits per heavy atom. The largest absolute Gasteiger partial charge is 0.467 e. The Kier molecular flexibility index (Phi) is 6.76. The van der Waals surface area contributed by atoms with E-state index in [2.05, 4.69) is 0 Å². The first-order chi connectivity index (χ1) is 11.6. The first kappa shape index (κ1) is 22.7. The van der Waals surface area contributed by atoms with Crippen molar-refractivity contribution in [1.29, 1.82) is 0 Å². The van der Waals surface area contributed by atoms with E-state index < -0.39 is 46.2 Å². The molecule has 1 aliphatic heterocycles. The number of methoxy groups -OCH3 is 1. The zero-order valence-corrected chi connectivity index (χ0v) is 17.6. The minimum absolute atomic E-state index is 0.125. The van der Waals surface area contributed by atoms with E-state index in [4.69, 9.17) is 19.9 Å². The third kappa shape index (κ3) is 5.11. The Bertz CT molecular complexity index is 567. The number of thioether (sulfide) groups is 1. The lowest BCUT2D eigenvalue weighted by atomic mass is 10.1. The van der Waals surface area contributed by atoms with Crippen LogP contribution in [0.15, 0.2) is 0 Å². The predicted molar refractivity (Wildman–Crippen MR) is 98.6 cm³/mol.